The maximum absolute atomic E-state index is 12.7. The van der Waals surface area contributed by atoms with Crippen LogP contribution in [0.4, 0.5) is 0 Å². The van der Waals surface area contributed by atoms with E-state index in [-0.39, 0.29) is 11.9 Å². The monoisotopic (exact) mass is 362 g/mol. The highest BCUT2D eigenvalue weighted by atomic mass is 16.2. The summed E-state index contributed by atoms with van der Waals surface area (Å²) in [6, 6.07) is 12.1. The van der Waals surface area contributed by atoms with Crippen molar-refractivity contribution in [3.63, 3.8) is 0 Å². The van der Waals surface area contributed by atoms with Crippen LogP contribution in [0.1, 0.15) is 24.8 Å². The van der Waals surface area contributed by atoms with E-state index in [4.69, 9.17) is 0 Å². The zero-order valence-corrected chi connectivity index (χ0v) is 14.9. The minimum Gasteiger partial charge on any atom is -0.350 e. The lowest BCUT2D eigenvalue weighted by molar-refractivity contribution is -0.123. The Morgan fingerprint density at radius 1 is 1.15 bits per heavy atom. The third-order valence-corrected chi connectivity index (χ3v) is 5.71. The van der Waals surface area contributed by atoms with Crippen LogP contribution < -0.4 is 16.2 Å². The Balaban J connectivity index is 1.36. The average molecular weight is 362 g/mol. The van der Waals surface area contributed by atoms with Crippen LogP contribution in [0.2, 0.25) is 0 Å². The van der Waals surface area contributed by atoms with Crippen LogP contribution in [0, 0.1) is 5.92 Å². The summed E-state index contributed by atoms with van der Waals surface area (Å²) in [7, 11) is 0. The van der Waals surface area contributed by atoms with Crippen LogP contribution in [0.3, 0.4) is 0 Å². The lowest BCUT2D eigenvalue weighted by atomic mass is 9.96. The summed E-state index contributed by atoms with van der Waals surface area (Å²) < 4.78 is 1.97. The quantitative estimate of drug-likeness (QED) is 0.658. The van der Waals surface area contributed by atoms with Crippen molar-refractivity contribution in [3.8, 4) is 5.82 Å². The number of hydrogen-bond acceptors (Lipinski definition) is 5. The van der Waals surface area contributed by atoms with Gasteiger partial charge in [-0.2, -0.15) is 0 Å². The number of benzene rings is 1. The second-order valence-corrected chi connectivity index (χ2v) is 7.27. The molecule has 1 saturated heterocycles. The maximum Gasteiger partial charge on any atom is 0.239 e. The van der Waals surface area contributed by atoms with Gasteiger partial charge in [-0.15, -0.1) is 0 Å². The second kappa shape index (κ2) is 6.75. The predicted octanol–water partition coefficient (Wildman–Crippen LogP) is 1.68. The van der Waals surface area contributed by atoms with Gasteiger partial charge in [-0.3, -0.25) is 14.8 Å². The van der Waals surface area contributed by atoms with Gasteiger partial charge < -0.3 is 5.32 Å². The molecule has 1 saturated carbocycles. The molecule has 138 valence electrons. The average Bonchev–Trinajstić information content (AvgIpc) is 3.41. The van der Waals surface area contributed by atoms with Crippen LogP contribution in [-0.2, 0) is 11.3 Å². The lowest BCUT2D eigenvalue weighted by Gasteiger charge is -2.17. The molecule has 2 aliphatic rings. The third-order valence-electron chi connectivity index (χ3n) is 5.71. The van der Waals surface area contributed by atoms with Crippen LogP contribution in [0.15, 0.2) is 48.9 Å². The predicted molar refractivity (Wildman–Crippen MR) is 102 cm³/mol. The fraction of sp³-hybridized carbons (Fsp3) is 0.350. The van der Waals surface area contributed by atoms with Gasteiger partial charge in [0.05, 0.1) is 11.0 Å². The summed E-state index contributed by atoms with van der Waals surface area (Å²) in [6.07, 6.45) is 6.98. The molecule has 7 nitrogen and oxygen atoms in total. The van der Waals surface area contributed by atoms with Crippen molar-refractivity contribution in [1.29, 1.82) is 0 Å². The Bertz CT molecular complexity index is 983. The minimum absolute atomic E-state index is 0.0437. The van der Waals surface area contributed by atoms with Crippen molar-refractivity contribution in [3.05, 3.63) is 54.5 Å². The van der Waals surface area contributed by atoms with E-state index >= 15 is 0 Å². The zero-order valence-electron chi connectivity index (χ0n) is 14.9. The number of rotatable bonds is 4. The molecule has 1 aliphatic heterocycles. The highest BCUT2D eigenvalue weighted by Gasteiger charge is 2.42. The normalized spacial score (nSPS) is 24.2. The number of imidazole rings is 1. The molecular formula is C20H22N6O. The van der Waals surface area contributed by atoms with E-state index in [1.165, 1.54) is 6.42 Å². The molecule has 0 bridgehead atoms. The van der Waals surface area contributed by atoms with Crippen molar-refractivity contribution >= 4 is 16.9 Å². The molecule has 0 radical (unpaired) electrons. The standard InChI is InChI=1S/C20H22N6O/c27-20(18-14-6-3-8-15(14)24-25-18)22-11-13-5-4-10-21-19(13)26-12-23-16-7-1-2-9-17(16)26/h1-2,4-5,7,9-10,12,14-15,18,24-25H,3,6,8,11H2,(H,22,27). The van der Waals surface area contributed by atoms with Gasteiger partial charge in [0.1, 0.15) is 18.2 Å². The number of nitrogens with one attached hydrogen (secondary N) is 3. The van der Waals surface area contributed by atoms with E-state index in [0.717, 1.165) is 35.3 Å². The SMILES string of the molecule is O=C(NCc1cccnc1-n1cnc2ccccc21)C1NNC2CCCC21. The summed E-state index contributed by atoms with van der Waals surface area (Å²) >= 11 is 0. The summed E-state index contributed by atoms with van der Waals surface area (Å²) in [5.74, 6) is 1.22. The van der Waals surface area contributed by atoms with E-state index < -0.39 is 0 Å². The number of fused-ring (bicyclic) bond motifs is 2. The largest absolute Gasteiger partial charge is 0.350 e. The number of aromatic nitrogens is 3. The number of hydrazine groups is 1. The van der Waals surface area contributed by atoms with Crippen molar-refractivity contribution in [2.45, 2.75) is 37.9 Å². The van der Waals surface area contributed by atoms with Crippen LogP contribution in [-0.4, -0.2) is 32.5 Å². The van der Waals surface area contributed by atoms with Gasteiger partial charge in [0.25, 0.3) is 0 Å². The number of nitrogens with zero attached hydrogens (tertiary/aromatic N) is 3. The molecule has 1 aromatic carbocycles. The Labute approximate surface area is 157 Å². The number of amides is 1. The summed E-state index contributed by atoms with van der Waals surface area (Å²) in [5.41, 5.74) is 9.32. The molecule has 3 atom stereocenters. The van der Waals surface area contributed by atoms with Gasteiger partial charge in [0.15, 0.2) is 0 Å². The van der Waals surface area contributed by atoms with Gasteiger partial charge >= 0.3 is 0 Å². The minimum atomic E-state index is -0.160. The Morgan fingerprint density at radius 2 is 2.07 bits per heavy atom. The van der Waals surface area contributed by atoms with Crippen molar-refractivity contribution < 1.29 is 4.79 Å². The van der Waals surface area contributed by atoms with Gasteiger partial charge in [0.2, 0.25) is 5.91 Å². The molecule has 0 spiro atoms. The molecule has 3 N–H and O–H groups in total. The molecular weight excluding hydrogens is 340 g/mol. The summed E-state index contributed by atoms with van der Waals surface area (Å²) in [5, 5.41) is 3.09. The van der Waals surface area contributed by atoms with E-state index in [9.17, 15) is 4.79 Å². The van der Waals surface area contributed by atoms with Crippen LogP contribution >= 0.6 is 0 Å². The highest BCUT2D eigenvalue weighted by Crippen LogP contribution is 2.31. The first-order valence-electron chi connectivity index (χ1n) is 9.46. The fourth-order valence-electron chi connectivity index (χ4n) is 4.34. The molecule has 1 aliphatic carbocycles. The molecule has 1 amide bonds. The molecule has 3 aromatic rings. The maximum atomic E-state index is 12.7. The molecule has 2 fully saturated rings. The Morgan fingerprint density at radius 3 is 3.04 bits per heavy atom. The number of pyridine rings is 1. The van der Waals surface area contributed by atoms with Crippen molar-refractivity contribution in [1.82, 2.24) is 30.7 Å². The highest BCUT2D eigenvalue weighted by molar-refractivity contribution is 5.82. The van der Waals surface area contributed by atoms with Crippen molar-refractivity contribution in [2.24, 2.45) is 5.92 Å². The number of hydrogen-bond donors (Lipinski definition) is 3. The summed E-state index contributed by atoms with van der Waals surface area (Å²) in [4.78, 5) is 21.7. The van der Waals surface area contributed by atoms with Crippen molar-refractivity contribution in [2.75, 3.05) is 0 Å². The van der Waals surface area contributed by atoms with Gasteiger partial charge in [-0.05, 0) is 31.0 Å². The first-order valence-corrected chi connectivity index (χ1v) is 9.46. The van der Waals surface area contributed by atoms with E-state index in [0.29, 0.717) is 18.5 Å². The van der Waals surface area contributed by atoms with E-state index in [1.807, 2.05) is 41.0 Å². The zero-order chi connectivity index (χ0) is 18.2. The number of carbonyl (C=O) groups excluding carboxylic acids is 1. The lowest BCUT2D eigenvalue weighted by Crippen LogP contribution is -2.45. The smallest absolute Gasteiger partial charge is 0.239 e. The number of carbonyl (C=O) groups is 1. The molecule has 2 aromatic heterocycles. The topological polar surface area (TPSA) is 83.9 Å². The van der Waals surface area contributed by atoms with Gasteiger partial charge in [-0.25, -0.2) is 15.4 Å². The first-order chi connectivity index (χ1) is 13.3. The molecule has 7 heteroatoms. The first kappa shape index (κ1) is 16.4. The third kappa shape index (κ3) is 2.89. The summed E-state index contributed by atoms with van der Waals surface area (Å²) in [6.45, 7) is 0.435. The van der Waals surface area contributed by atoms with Crippen LogP contribution in [0.5, 0.6) is 0 Å². The fourth-order valence-corrected chi connectivity index (χ4v) is 4.34. The second-order valence-electron chi connectivity index (χ2n) is 7.27. The van der Waals surface area contributed by atoms with Gasteiger partial charge in [-0.1, -0.05) is 24.6 Å². The van der Waals surface area contributed by atoms with E-state index in [1.54, 1.807) is 12.5 Å². The molecule has 3 heterocycles. The Hall–Kier alpha value is -2.77. The van der Waals surface area contributed by atoms with E-state index in [2.05, 4.69) is 26.1 Å². The number of para-hydroxylation sites is 2. The molecule has 5 rings (SSSR count). The van der Waals surface area contributed by atoms with Gasteiger partial charge in [0, 0.05) is 30.3 Å². The molecule has 27 heavy (non-hydrogen) atoms. The molecule has 3 unspecified atom stereocenters. The Kier molecular flexibility index (Phi) is 4.10. The van der Waals surface area contributed by atoms with Crippen LogP contribution in [0.25, 0.3) is 16.9 Å².